The van der Waals surface area contributed by atoms with Gasteiger partial charge in [0.15, 0.2) is 17.9 Å². The maximum Gasteiger partial charge on any atom is 0.206 e. The maximum absolute atomic E-state index is 15.3. The van der Waals surface area contributed by atoms with Crippen LogP contribution in [0.2, 0.25) is 0 Å². The van der Waals surface area contributed by atoms with Crippen LogP contribution >= 0.6 is 11.3 Å². The monoisotopic (exact) mass is 390 g/mol. The Kier molecular flexibility index (Phi) is 4.79. The molecule has 0 spiro atoms. The van der Waals surface area contributed by atoms with E-state index in [4.69, 9.17) is 9.26 Å². The number of nitrogens with zero attached hydrogens (tertiary/aromatic N) is 3. The van der Waals surface area contributed by atoms with Crippen molar-refractivity contribution in [3.63, 3.8) is 0 Å². The molecule has 9 heteroatoms. The molecule has 1 fully saturated rings. The van der Waals surface area contributed by atoms with Gasteiger partial charge in [0.2, 0.25) is 5.58 Å². The van der Waals surface area contributed by atoms with Gasteiger partial charge in [-0.3, -0.25) is 4.79 Å². The molecule has 4 rings (SSSR count). The first kappa shape index (κ1) is 17.9. The molecular weight excluding hydrogens is 371 g/mol. The number of fused-ring (bicyclic) bond motifs is 1. The standard InChI is InChI=1S/C18H19FN4O3S/c1-10-7-23(8-11(2)25-10)16-12(9-24)5-13-17(15(16)19)26-22-18(13)21-6-14-20-3-4-27-14/h3-5,9-11H,6-8H2,1-2H3,(H,21,22)/t10-,11+. The van der Waals surface area contributed by atoms with E-state index in [0.29, 0.717) is 37.1 Å². The van der Waals surface area contributed by atoms with Gasteiger partial charge in [-0.15, -0.1) is 11.3 Å². The Morgan fingerprint density at radius 2 is 2.19 bits per heavy atom. The number of nitrogens with one attached hydrogen (secondary N) is 1. The van der Waals surface area contributed by atoms with E-state index in [1.165, 1.54) is 11.3 Å². The van der Waals surface area contributed by atoms with Gasteiger partial charge in [-0.2, -0.15) is 0 Å². The molecule has 0 bridgehead atoms. The summed E-state index contributed by atoms with van der Waals surface area (Å²) in [5.74, 6) is -0.192. The van der Waals surface area contributed by atoms with Gasteiger partial charge in [0.05, 0.1) is 29.8 Å². The van der Waals surface area contributed by atoms with Crippen molar-refractivity contribution in [1.29, 1.82) is 0 Å². The van der Waals surface area contributed by atoms with E-state index in [-0.39, 0.29) is 29.0 Å². The minimum Gasteiger partial charge on any atom is -0.372 e. The van der Waals surface area contributed by atoms with Gasteiger partial charge in [-0.1, -0.05) is 5.16 Å². The third-order valence-corrected chi connectivity index (χ3v) is 5.24. The van der Waals surface area contributed by atoms with Crippen LogP contribution < -0.4 is 10.2 Å². The van der Waals surface area contributed by atoms with E-state index in [0.717, 1.165) is 5.01 Å². The lowest BCUT2D eigenvalue weighted by Gasteiger charge is -2.37. The summed E-state index contributed by atoms with van der Waals surface area (Å²) in [6, 6.07) is 1.62. The highest BCUT2D eigenvalue weighted by Crippen LogP contribution is 2.35. The molecule has 3 aromatic rings. The molecule has 1 saturated heterocycles. The zero-order chi connectivity index (χ0) is 19.0. The fourth-order valence-electron chi connectivity index (χ4n) is 3.45. The summed E-state index contributed by atoms with van der Waals surface area (Å²) in [6.07, 6.45) is 2.26. The third kappa shape index (κ3) is 3.40. The number of aldehydes is 1. The predicted octanol–water partition coefficient (Wildman–Crippen LogP) is 3.46. The quantitative estimate of drug-likeness (QED) is 0.668. The molecule has 3 heterocycles. The van der Waals surface area contributed by atoms with Gasteiger partial charge in [-0.25, -0.2) is 9.37 Å². The number of rotatable bonds is 5. The third-order valence-electron chi connectivity index (χ3n) is 4.46. The normalized spacial score (nSPS) is 20.2. The first-order chi connectivity index (χ1) is 13.1. The van der Waals surface area contributed by atoms with Crippen LogP contribution in [0.5, 0.6) is 0 Å². The summed E-state index contributed by atoms with van der Waals surface area (Å²) >= 11 is 1.50. The summed E-state index contributed by atoms with van der Waals surface area (Å²) < 4.78 is 26.2. The minimum absolute atomic E-state index is 0.0315. The number of carbonyl (C=O) groups excluding carboxylic acids is 1. The molecule has 142 valence electrons. The second kappa shape index (κ2) is 7.24. The number of ether oxygens (including phenoxy) is 1. The predicted molar refractivity (Wildman–Crippen MR) is 101 cm³/mol. The van der Waals surface area contributed by atoms with Crippen molar-refractivity contribution in [1.82, 2.24) is 10.1 Å². The lowest BCUT2D eigenvalue weighted by Crippen LogP contribution is -2.46. The Morgan fingerprint density at radius 1 is 1.41 bits per heavy atom. The molecule has 0 unspecified atom stereocenters. The molecule has 1 aliphatic heterocycles. The van der Waals surface area contributed by atoms with Gasteiger partial charge >= 0.3 is 0 Å². The number of thiazole rings is 1. The van der Waals surface area contributed by atoms with E-state index >= 15 is 4.39 Å². The summed E-state index contributed by atoms with van der Waals surface area (Å²) in [5.41, 5.74) is 0.535. The van der Waals surface area contributed by atoms with Gasteiger partial charge in [0.25, 0.3) is 0 Å². The maximum atomic E-state index is 15.3. The minimum atomic E-state index is -0.578. The highest BCUT2D eigenvalue weighted by molar-refractivity contribution is 7.09. The summed E-state index contributed by atoms with van der Waals surface area (Å²) in [4.78, 5) is 17.7. The molecule has 0 saturated carbocycles. The van der Waals surface area contributed by atoms with Gasteiger partial charge < -0.3 is 19.5 Å². The molecule has 27 heavy (non-hydrogen) atoms. The van der Waals surface area contributed by atoms with Crippen LogP contribution in [0.15, 0.2) is 22.2 Å². The molecule has 2 atom stereocenters. The van der Waals surface area contributed by atoms with E-state index in [2.05, 4.69) is 15.5 Å². The first-order valence-corrected chi connectivity index (χ1v) is 9.54. The zero-order valence-electron chi connectivity index (χ0n) is 14.9. The Hall–Kier alpha value is -2.52. The fourth-order valence-corrected chi connectivity index (χ4v) is 4.00. The van der Waals surface area contributed by atoms with Crippen LogP contribution in [0.3, 0.4) is 0 Å². The van der Waals surface area contributed by atoms with Crippen molar-refractivity contribution in [2.45, 2.75) is 32.6 Å². The Balaban J connectivity index is 1.71. The molecular formula is C18H19FN4O3S. The fraction of sp³-hybridized carbons (Fsp3) is 0.389. The second-order valence-corrected chi connectivity index (χ2v) is 7.57. The second-order valence-electron chi connectivity index (χ2n) is 6.60. The SMILES string of the molecule is C[C@@H]1CN(c2c(C=O)cc3c(NCc4nccs4)noc3c2F)C[C@H](C)O1. The van der Waals surface area contributed by atoms with Crippen LogP contribution in [0, 0.1) is 5.82 Å². The molecule has 1 aromatic carbocycles. The van der Waals surface area contributed by atoms with Crippen LogP contribution in [-0.4, -0.2) is 41.7 Å². The van der Waals surface area contributed by atoms with Crippen molar-refractivity contribution >= 4 is 40.1 Å². The number of hydrogen-bond donors (Lipinski definition) is 1. The van der Waals surface area contributed by atoms with Crippen molar-refractivity contribution in [3.05, 3.63) is 34.0 Å². The average molecular weight is 390 g/mol. The van der Waals surface area contributed by atoms with Crippen LogP contribution in [-0.2, 0) is 11.3 Å². The van der Waals surface area contributed by atoms with Crippen molar-refractivity contribution in [3.8, 4) is 0 Å². The van der Waals surface area contributed by atoms with Gasteiger partial charge in [0, 0.05) is 30.2 Å². The molecule has 1 aliphatic rings. The molecule has 0 radical (unpaired) electrons. The topological polar surface area (TPSA) is 80.5 Å². The summed E-state index contributed by atoms with van der Waals surface area (Å²) in [7, 11) is 0. The zero-order valence-corrected chi connectivity index (χ0v) is 15.8. The van der Waals surface area contributed by atoms with Crippen LogP contribution in [0.25, 0.3) is 11.0 Å². The van der Waals surface area contributed by atoms with Crippen LogP contribution in [0.1, 0.15) is 29.2 Å². The number of carbonyl (C=O) groups is 1. The van der Waals surface area contributed by atoms with Gasteiger partial charge in [0.1, 0.15) is 5.01 Å². The summed E-state index contributed by atoms with van der Waals surface area (Å²) in [5, 5.41) is 10.2. The molecule has 0 aliphatic carbocycles. The van der Waals surface area contributed by atoms with Crippen molar-refractivity contribution in [2.75, 3.05) is 23.3 Å². The lowest BCUT2D eigenvalue weighted by atomic mass is 10.1. The van der Waals surface area contributed by atoms with Crippen LogP contribution in [0.4, 0.5) is 15.9 Å². The molecule has 7 nitrogen and oxygen atoms in total. The number of benzene rings is 1. The highest BCUT2D eigenvalue weighted by Gasteiger charge is 2.29. The Labute approximate surface area is 159 Å². The highest BCUT2D eigenvalue weighted by atomic mass is 32.1. The number of hydrogen-bond acceptors (Lipinski definition) is 8. The Bertz CT molecular complexity index is 949. The van der Waals surface area contributed by atoms with E-state index in [1.54, 1.807) is 12.3 Å². The molecule has 0 amide bonds. The smallest absolute Gasteiger partial charge is 0.206 e. The van der Waals surface area contributed by atoms with Gasteiger partial charge in [-0.05, 0) is 19.9 Å². The largest absolute Gasteiger partial charge is 0.372 e. The Morgan fingerprint density at radius 3 is 2.85 bits per heavy atom. The van der Waals surface area contributed by atoms with E-state index in [9.17, 15) is 4.79 Å². The number of morpholine rings is 1. The number of halogens is 1. The lowest BCUT2D eigenvalue weighted by molar-refractivity contribution is -0.00543. The van der Waals surface area contributed by atoms with E-state index < -0.39 is 5.82 Å². The molecule has 1 N–H and O–H groups in total. The number of aromatic nitrogens is 2. The van der Waals surface area contributed by atoms with Crippen molar-refractivity contribution < 1.29 is 18.4 Å². The molecule has 2 aromatic heterocycles. The number of anilines is 2. The van der Waals surface area contributed by atoms with Crippen molar-refractivity contribution in [2.24, 2.45) is 0 Å². The first-order valence-electron chi connectivity index (χ1n) is 8.66. The average Bonchev–Trinajstić information content (AvgIpc) is 3.28. The summed E-state index contributed by atoms with van der Waals surface area (Å²) in [6.45, 7) is 5.29. The van der Waals surface area contributed by atoms with E-state index in [1.807, 2.05) is 24.1 Å².